The molecule has 0 spiro atoms. The molecule has 1 aliphatic rings. The number of hydrogen-bond donors (Lipinski definition) is 3. The Morgan fingerprint density at radius 2 is 1.56 bits per heavy atom. The fourth-order valence-corrected chi connectivity index (χ4v) is 2.98. The predicted molar refractivity (Wildman–Crippen MR) is 118 cm³/mol. The number of rotatable bonds is 7. The van der Waals surface area contributed by atoms with Gasteiger partial charge in [0.25, 0.3) is 0 Å². The molecular weight excluding hydrogens is 491 g/mol. The van der Waals surface area contributed by atoms with Crippen LogP contribution < -0.4 is 25.4 Å². The highest BCUT2D eigenvalue weighted by atomic mass is 19.4. The van der Waals surface area contributed by atoms with E-state index < -0.39 is 29.8 Å². The number of hydrogen-bond acceptors (Lipinski definition) is 5. The normalized spacial score (nSPS) is 13.0. The van der Waals surface area contributed by atoms with Crippen molar-refractivity contribution in [3.63, 3.8) is 0 Å². The molecule has 0 atom stereocenters. The van der Waals surface area contributed by atoms with Crippen molar-refractivity contribution in [3.8, 4) is 17.2 Å². The van der Waals surface area contributed by atoms with Crippen LogP contribution >= 0.6 is 0 Å². The molecule has 1 heterocycles. The molecule has 0 radical (unpaired) electrons. The van der Waals surface area contributed by atoms with Crippen LogP contribution in [0.1, 0.15) is 12.8 Å². The van der Waals surface area contributed by atoms with E-state index in [1.807, 2.05) is 0 Å². The van der Waals surface area contributed by atoms with Gasteiger partial charge in [0.15, 0.2) is 23.1 Å². The van der Waals surface area contributed by atoms with Gasteiger partial charge < -0.3 is 25.4 Å². The van der Waals surface area contributed by atoms with Crippen LogP contribution in [0.3, 0.4) is 0 Å². The number of ether oxygens (including phenoxy) is 2. The van der Waals surface area contributed by atoms with Crippen LogP contribution in [0.25, 0.3) is 0 Å². The van der Waals surface area contributed by atoms with Crippen molar-refractivity contribution >= 4 is 29.1 Å². The smallest absolute Gasteiger partial charge is 0.454 e. The van der Waals surface area contributed by atoms with Gasteiger partial charge in [0.1, 0.15) is 11.6 Å². The third-order valence-corrected chi connectivity index (χ3v) is 4.76. The molecule has 188 valence electrons. The van der Waals surface area contributed by atoms with Crippen molar-refractivity contribution in [2.75, 3.05) is 16.0 Å². The fraction of sp³-hybridized carbons (Fsp3) is 0.174. The summed E-state index contributed by atoms with van der Waals surface area (Å²) in [5.41, 5.74) is -0.200. The number of aromatic nitrogens is 1. The average Bonchev–Trinajstić information content (AvgIpc) is 3.63. The van der Waals surface area contributed by atoms with Crippen molar-refractivity contribution in [2.24, 2.45) is 5.92 Å². The summed E-state index contributed by atoms with van der Waals surface area (Å²) in [6.07, 6.45) is -2.09. The Morgan fingerprint density at radius 1 is 0.861 bits per heavy atom. The van der Waals surface area contributed by atoms with E-state index in [0.717, 1.165) is 25.0 Å². The Labute approximate surface area is 200 Å². The van der Waals surface area contributed by atoms with Crippen LogP contribution in [0.5, 0.6) is 17.2 Å². The van der Waals surface area contributed by atoms with Gasteiger partial charge in [-0.1, -0.05) is 0 Å². The summed E-state index contributed by atoms with van der Waals surface area (Å²) in [7, 11) is 0. The lowest BCUT2D eigenvalue weighted by atomic mass is 10.2. The number of anilines is 3. The molecule has 8 nitrogen and oxygen atoms in total. The van der Waals surface area contributed by atoms with Crippen LogP contribution in [0.2, 0.25) is 0 Å². The van der Waals surface area contributed by atoms with Gasteiger partial charge in [-0.2, -0.15) is 0 Å². The van der Waals surface area contributed by atoms with E-state index in [0.29, 0.717) is 12.1 Å². The van der Waals surface area contributed by atoms with Crippen LogP contribution in [-0.4, -0.2) is 23.3 Å². The second kappa shape index (κ2) is 10.1. The zero-order valence-corrected chi connectivity index (χ0v) is 18.2. The maximum absolute atomic E-state index is 14.5. The first kappa shape index (κ1) is 24.7. The summed E-state index contributed by atoms with van der Waals surface area (Å²) in [5, 5.41) is 7.13. The minimum Gasteiger partial charge on any atom is -0.454 e. The molecule has 4 rings (SSSR count). The molecular formula is C23H17F5N4O4. The second-order valence-electron chi connectivity index (χ2n) is 7.66. The van der Waals surface area contributed by atoms with Crippen molar-refractivity contribution in [1.29, 1.82) is 0 Å². The van der Waals surface area contributed by atoms with Crippen molar-refractivity contribution in [2.45, 2.75) is 19.2 Å². The largest absolute Gasteiger partial charge is 0.573 e. The Bertz CT molecular complexity index is 1300. The minimum absolute atomic E-state index is 0.00154. The van der Waals surface area contributed by atoms with Gasteiger partial charge in [-0.05, 0) is 43.2 Å². The van der Waals surface area contributed by atoms with Gasteiger partial charge in [-0.15, -0.1) is 13.2 Å². The van der Waals surface area contributed by atoms with Crippen LogP contribution in [-0.2, 0) is 4.79 Å². The van der Waals surface area contributed by atoms with E-state index in [9.17, 15) is 31.5 Å². The summed E-state index contributed by atoms with van der Waals surface area (Å²) in [4.78, 5) is 28.0. The Balaban J connectivity index is 1.37. The lowest BCUT2D eigenvalue weighted by Gasteiger charge is -2.13. The van der Waals surface area contributed by atoms with E-state index in [4.69, 9.17) is 4.74 Å². The molecule has 0 aliphatic heterocycles. The van der Waals surface area contributed by atoms with Gasteiger partial charge in [-0.3, -0.25) is 4.79 Å². The highest BCUT2D eigenvalue weighted by molar-refractivity contribution is 5.99. The molecule has 1 saturated carbocycles. The minimum atomic E-state index is -5.12. The first-order valence-electron chi connectivity index (χ1n) is 10.4. The van der Waals surface area contributed by atoms with Crippen LogP contribution in [0, 0.1) is 17.6 Å². The number of benzene rings is 2. The summed E-state index contributed by atoms with van der Waals surface area (Å²) in [5.74, 6) is -3.13. The molecule has 13 heteroatoms. The van der Waals surface area contributed by atoms with E-state index >= 15 is 0 Å². The molecule has 3 N–H and O–H groups in total. The summed E-state index contributed by atoms with van der Waals surface area (Å²) >= 11 is 0. The zero-order chi connectivity index (χ0) is 25.9. The Kier molecular flexibility index (Phi) is 6.90. The Morgan fingerprint density at radius 3 is 2.22 bits per heavy atom. The van der Waals surface area contributed by atoms with Gasteiger partial charge in [0.2, 0.25) is 5.91 Å². The van der Waals surface area contributed by atoms with Crippen LogP contribution in [0.4, 0.5) is 43.9 Å². The van der Waals surface area contributed by atoms with E-state index in [1.54, 1.807) is 0 Å². The van der Waals surface area contributed by atoms with E-state index in [2.05, 4.69) is 25.7 Å². The van der Waals surface area contributed by atoms with Crippen LogP contribution in [0.15, 0.2) is 54.7 Å². The molecule has 0 bridgehead atoms. The maximum atomic E-state index is 14.5. The highest BCUT2D eigenvalue weighted by Gasteiger charge is 2.32. The summed E-state index contributed by atoms with van der Waals surface area (Å²) in [6, 6.07) is 7.82. The van der Waals surface area contributed by atoms with Gasteiger partial charge in [0.05, 0.1) is 0 Å². The monoisotopic (exact) mass is 508 g/mol. The molecule has 2 aromatic carbocycles. The summed E-state index contributed by atoms with van der Waals surface area (Å²) in [6.45, 7) is 0. The SMILES string of the molecule is O=C(Nc1ccc(Oc2ccnc(NC(=O)C3CC3)c2)c(F)c1)Nc1ccc(F)c(OC(F)(F)F)c1. The van der Waals surface area contributed by atoms with Crippen molar-refractivity contribution < 1.29 is 41.0 Å². The number of pyridine rings is 1. The third-order valence-electron chi connectivity index (χ3n) is 4.76. The Hall–Kier alpha value is -4.42. The first-order valence-corrected chi connectivity index (χ1v) is 10.4. The number of halogens is 5. The zero-order valence-electron chi connectivity index (χ0n) is 18.2. The standard InChI is InChI=1S/C23H17F5N4O4/c24-16-5-3-14(10-19(16)36-23(26,27)28)31-22(34)30-13-4-6-18(17(25)9-13)35-15-7-8-29-20(11-15)32-21(33)12-1-2-12/h3-12H,1-2H2,(H,29,32,33)(H2,30,31,34). The van der Waals surface area contributed by atoms with E-state index in [1.165, 1.54) is 30.5 Å². The number of urea groups is 1. The van der Waals surface area contributed by atoms with Gasteiger partial charge in [0, 0.05) is 41.7 Å². The quantitative estimate of drug-likeness (QED) is 0.338. The number of carbonyl (C=O) groups is 2. The molecule has 1 aromatic heterocycles. The van der Waals surface area contributed by atoms with Crippen molar-refractivity contribution in [1.82, 2.24) is 4.98 Å². The first-order chi connectivity index (χ1) is 17.1. The third kappa shape index (κ3) is 6.81. The number of amides is 3. The second-order valence-corrected chi connectivity index (χ2v) is 7.66. The number of nitrogens with one attached hydrogen (secondary N) is 3. The topological polar surface area (TPSA) is 102 Å². The number of carbonyl (C=O) groups excluding carboxylic acids is 2. The molecule has 1 fully saturated rings. The number of nitrogens with zero attached hydrogens (tertiary/aromatic N) is 1. The molecule has 1 aliphatic carbocycles. The molecule has 36 heavy (non-hydrogen) atoms. The van der Waals surface area contributed by atoms with E-state index in [-0.39, 0.29) is 40.5 Å². The lowest BCUT2D eigenvalue weighted by Crippen LogP contribution is -2.20. The molecule has 0 saturated heterocycles. The predicted octanol–water partition coefficient (Wildman–Crippen LogP) is 6.04. The number of alkyl halides is 3. The average molecular weight is 508 g/mol. The van der Waals surface area contributed by atoms with Gasteiger partial charge >= 0.3 is 12.4 Å². The fourth-order valence-electron chi connectivity index (χ4n) is 2.98. The van der Waals surface area contributed by atoms with Crippen molar-refractivity contribution in [3.05, 3.63) is 66.4 Å². The molecule has 3 amide bonds. The lowest BCUT2D eigenvalue weighted by molar-refractivity contribution is -0.275. The highest BCUT2D eigenvalue weighted by Crippen LogP contribution is 2.32. The maximum Gasteiger partial charge on any atom is 0.573 e. The van der Waals surface area contributed by atoms with Gasteiger partial charge in [-0.25, -0.2) is 18.6 Å². The molecule has 3 aromatic rings. The summed E-state index contributed by atoms with van der Waals surface area (Å²) < 4.78 is 74.2. The molecule has 0 unspecified atom stereocenters.